The van der Waals surface area contributed by atoms with E-state index < -0.39 is 0 Å². The zero-order valence-corrected chi connectivity index (χ0v) is 12.5. The summed E-state index contributed by atoms with van der Waals surface area (Å²) in [5.41, 5.74) is 0.763. The maximum absolute atomic E-state index is 12.2. The van der Waals surface area contributed by atoms with Crippen molar-refractivity contribution < 1.29 is 9.53 Å². The summed E-state index contributed by atoms with van der Waals surface area (Å²) in [4.78, 5) is 12.2. The number of rotatable bonds is 6. The van der Waals surface area contributed by atoms with Crippen molar-refractivity contribution >= 4 is 5.78 Å². The first-order chi connectivity index (χ1) is 9.65. The predicted octanol–water partition coefficient (Wildman–Crippen LogP) is 3.58. The van der Waals surface area contributed by atoms with Crippen molar-refractivity contribution in [3.63, 3.8) is 0 Å². The number of benzene rings is 1. The van der Waals surface area contributed by atoms with E-state index in [9.17, 15) is 4.79 Å². The second-order valence-corrected chi connectivity index (χ2v) is 5.80. The Balaban J connectivity index is 1.88. The lowest BCUT2D eigenvalue weighted by molar-refractivity contribution is 0.0973. The first-order valence-corrected chi connectivity index (χ1v) is 7.68. The molecule has 3 nitrogen and oxygen atoms in total. The quantitative estimate of drug-likeness (QED) is 0.806. The maximum Gasteiger partial charge on any atom is 0.163 e. The number of ether oxygens (including phenoxy) is 1. The van der Waals surface area contributed by atoms with Gasteiger partial charge in [-0.1, -0.05) is 18.6 Å². The van der Waals surface area contributed by atoms with E-state index in [1.165, 1.54) is 19.3 Å². The summed E-state index contributed by atoms with van der Waals surface area (Å²) in [6.45, 7) is 5.07. The van der Waals surface area contributed by atoms with E-state index in [-0.39, 0.29) is 11.9 Å². The molecule has 2 rings (SSSR count). The third-order valence-corrected chi connectivity index (χ3v) is 3.66. The van der Waals surface area contributed by atoms with Crippen LogP contribution in [0.15, 0.2) is 24.3 Å². The molecule has 3 heteroatoms. The Morgan fingerprint density at radius 3 is 2.95 bits per heavy atom. The van der Waals surface area contributed by atoms with Gasteiger partial charge < -0.3 is 10.1 Å². The van der Waals surface area contributed by atoms with Crippen molar-refractivity contribution in [1.82, 2.24) is 5.32 Å². The molecule has 1 aromatic carbocycles. The van der Waals surface area contributed by atoms with Crippen LogP contribution in [0.4, 0.5) is 0 Å². The lowest BCUT2D eigenvalue weighted by Crippen LogP contribution is -2.34. The molecular formula is C17H25NO2. The van der Waals surface area contributed by atoms with Crippen molar-refractivity contribution in [3.05, 3.63) is 29.8 Å². The van der Waals surface area contributed by atoms with Crippen LogP contribution < -0.4 is 10.1 Å². The Bertz CT molecular complexity index is 436. The molecule has 1 aliphatic rings. The number of carbonyl (C=O) groups excluding carboxylic acids is 1. The summed E-state index contributed by atoms with van der Waals surface area (Å²) in [5.74, 6) is 0.994. The van der Waals surface area contributed by atoms with Gasteiger partial charge in [-0.25, -0.2) is 0 Å². The molecule has 1 fully saturated rings. The fourth-order valence-corrected chi connectivity index (χ4v) is 2.64. The molecule has 0 saturated carbocycles. The Labute approximate surface area is 121 Å². The smallest absolute Gasteiger partial charge is 0.163 e. The molecule has 1 aliphatic heterocycles. The third-order valence-electron chi connectivity index (χ3n) is 3.66. The lowest BCUT2D eigenvalue weighted by atomic mass is 9.97. The van der Waals surface area contributed by atoms with Crippen LogP contribution in [0.2, 0.25) is 0 Å². The second kappa shape index (κ2) is 7.44. The molecule has 20 heavy (non-hydrogen) atoms. The minimum atomic E-state index is 0.131. The molecule has 1 heterocycles. The molecule has 0 bridgehead atoms. The first-order valence-electron chi connectivity index (χ1n) is 7.68. The fraction of sp³-hybridized carbons (Fsp3) is 0.588. The highest BCUT2D eigenvalue weighted by Crippen LogP contribution is 2.18. The molecule has 1 saturated heterocycles. The molecule has 0 aromatic heterocycles. The zero-order chi connectivity index (χ0) is 14.4. The van der Waals surface area contributed by atoms with Gasteiger partial charge in [-0.2, -0.15) is 0 Å². The minimum Gasteiger partial charge on any atom is -0.491 e. The van der Waals surface area contributed by atoms with Crippen LogP contribution in [0.5, 0.6) is 5.75 Å². The summed E-state index contributed by atoms with van der Waals surface area (Å²) >= 11 is 0. The fourth-order valence-electron chi connectivity index (χ4n) is 2.64. The average molecular weight is 275 g/mol. The van der Waals surface area contributed by atoms with Gasteiger partial charge in [-0.15, -0.1) is 0 Å². The van der Waals surface area contributed by atoms with E-state index in [1.54, 1.807) is 0 Å². The van der Waals surface area contributed by atoms with Gasteiger partial charge in [-0.3, -0.25) is 4.79 Å². The molecule has 1 atom stereocenters. The number of hydrogen-bond donors (Lipinski definition) is 1. The van der Waals surface area contributed by atoms with Crippen molar-refractivity contribution in [2.24, 2.45) is 0 Å². The lowest BCUT2D eigenvalue weighted by Gasteiger charge is -2.23. The summed E-state index contributed by atoms with van der Waals surface area (Å²) in [5, 5.41) is 3.49. The SMILES string of the molecule is CC(C)Oc1cccc(C(=O)CCC2CCCCN2)c1. The third kappa shape index (κ3) is 4.64. The summed E-state index contributed by atoms with van der Waals surface area (Å²) < 4.78 is 5.63. The molecule has 0 spiro atoms. The van der Waals surface area contributed by atoms with Gasteiger partial charge in [0, 0.05) is 18.0 Å². The Morgan fingerprint density at radius 2 is 2.25 bits per heavy atom. The highest BCUT2D eigenvalue weighted by atomic mass is 16.5. The van der Waals surface area contributed by atoms with E-state index in [0.29, 0.717) is 12.5 Å². The van der Waals surface area contributed by atoms with Crippen LogP contribution in [0, 0.1) is 0 Å². The van der Waals surface area contributed by atoms with Crippen LogP contribution in [0.3, 0.4) is 0 Å². The summed E-state index contributed by atoms with van der Waals surface area (Å²) in [6, 6.07) is 8.05. The van der Waals surface area contributed by atoms with Crippen LogP contribution in [-0.2, 0) is 0 Å². The average Bonchev–Trinajstić information content (AvgIpc) is 2.45. The number of carbonyl (C=O) groups is 1. The molecule has 1 N–H and O–H groups in total. The zero-order valence-electron chi connectivity index (χ0n) is 12.5. The Hall–Kier alpha value is -1.35. The van der Waals surface area contributed by atoms with Crippen LogP contribution >= 0.6 is 0 Å². The first kappa shape index (κ1) is 15.0. The largest absolute Gasteiger partial charge is 0.491 e. The van der Waals surface area contributed by atoms with Gasteiger partial charge in [0.05, 0.1) is 6.10 Å². The number of ketones is 1. The topological polar surface area (TPSA) is 38.3 Å². The van der Waals surface area contributed by atoms with Crippen molar-refractivity contribution in [3.8, 4) is 5.75 Å². The van der Waals surface area contributed by atoms with Gasteiger partial charge in [-0.05, 0) is 51.8 Å². The van der Waals surface area contributed by atoms with Gasteiger partial charge in [0.2, 0.25) is 0 Å². The number of hydrogen-bond acceptors (Lipinski definition) is 3. The van der Waals surface area contributed by atoms with Gasteiger partial charge in [0.25, 0.3) is 0 Å². The van der Waals surface area contributed by atoms with E-state index >= 15 is 0 Å². The van der Waals surface area contributed by atoms with E-state index in [4.69, 9.17) is 4.74 Å². The molecular weight excluding hydrogens is 250 g/mol. The predicted molar refractivity (Wildman–Crippen MR) is 81.4 cm³/mol. The molecule has 110 valence electrons. The van der Waals surface area contributed by atoms with E-state index in [2.05, 4.69) is 5.32 Å². The summed E-state index contributed by atoms with van der Waals surface area (Å²) in [6.07, 6.45) is 5.43. The normalized spacial score (nSPS) is 19.1. The van der Waals surface area contributed by atoms with Crippen molar-refractivity contribution in [2.45, 2.75) is 58.1 Å². The second-order valence-electron chi connectivity index (χ2n) is 5.80. The standard InChI is InChI=1S/C17H25NO2/c1-13(2)20-16-8-5-6-14(12-16)17(19)10-9-15-7-3-4-11-18-15/h5-6,8,12-13,15,18H,3-4,7,9-11H2,1-2H3. The maximum atomic E-state index is 12.2. The molecule has 1 unspecified atom stereocenters. The Kier molecular flexibility index (Phi) is 5.60. The van der Waals surface area contributed by atoms with Gasteiger partial charge in [0.1, 0.15) is 5.75 Å². The Morgan fingerprint density at radius 1 is 1.40 bits per heavy atom. The minimum absolute atomic E-state index is 0.131. The highest BCUT2D eigenvalue weighted by Gasteiger charge is 2.15. The van der Waals surface area contributed by atoms with E-state index in [1.807, 2.05) is 38.1 Å². The van der Waals surface area contributed by atoms with Crippen LogP contribution in [0.25, 0.3) is 0 Å². The summed E-state index contributed by atoms with van der Waals surface area (Å²) in [7, 11) is 0. The van der Waals surface area contributed by atoms with Crippen LogP contribution in [0.1, 0.15) is 56.3 Å². The van der Waals surface area contributed by atoms with Crippen LogP contribution in [-0.4, -0.2) is 24.5 Å². The monoisotopic (exact) mass is 275 g/mol. The van der Waals surface area contributed by atoms with Crippen molar-refractivity contribution in [1.29, 1.82) is 0 Å². The number of nitrogens with one attached hydrogen (secondary N) is 1. The highest BCUT2D eigenvalue weighted by molar-refractivity contribution is 5.96. The molecule has 0 radical (unpaired) electrons. The van der Waals surface area contributed by atoms with Gasteiger partial charge in [0.15, 0.2) is 5.78 Å². The van der Waals surface area contributed by atoms with Gasteiger partial charge >= 0.3 is 0 Å². The van der Waals surface area contributed by atoms with E-state index in [0.717, 1.165) is 24.3 Å². The number of Topliss-reactive ketones (excluding diaryl/α,β-unsaturated/α-hetero) is 1. The molecule has 1 aromatic rings. The molecule has 0 amide bonds. The molecule has 0 aliphatic carbocycles. The van der Waals surface area contributed by atoms with Crippen molar-refractivity contribution in [2.75, 3.05) is 6.54 Å². The number of piperidine rings is 1.